The summed E-state index contributed by atoms with van der Waals surface area (Å²) in [5.74, 6) is -0.884. The highest BCUT2D eigenvalue weighted by Gasteiger charge is 2.19. The maximum atomic E-state index is 12.8. The third-order valence-electron chi connectivity index (χ3n) is 13.3. The van der Waals surface area contributed by atoms with E-state index >= 15 is 0 Å². The predicted octanol–water partition coefficient (Wildman–Crippen LogP) is 20.2. The number of allylic oxidation sites excluding steroid dienone is 8. The minimum atomic E-state index is -0.780. The lowest BCUT2D eigenvalue weighted by atomic mass is 10.0. The molecule has 0 aliphatic carbocycles. The van der Waals surface area contributed by atoms with E-state index in [0.29, 0.717) is 19.3 Å². The van der Waals surface area contributed by atoms with E-state index in [-0.39, 0.29) is 31.1 Å². The summed E-state index contributed by atoms with van der Waals surface area (Å²) in [7, 11) is 0. The van der Waals surface area contributed by atoms with E-state index in [9.17, 15) is 14.4 Å². The molecule has 0 unspecified atom stereocenters. The molecule has 0 radical (unpaired) electrons. The van der Waals surface area contributed by atoms with Crippen LogP contribution in [-0.2, 0) is 28.6 Å². The summed E-state index contributed by atoms with van der Waals surface area (Å²) in [4.78, 5) is 38.2. The summed E-state index contributed by atoms with van der Waals surface area (Å²) in [6, 6.07) is 0. The van der Waals surface area contributed by atoms with Gasteiger partial charge in [-0.15, -0.1) is 0 Å². The van der Waals surface area contributed by atoms with Crippen LogP contribution in [0.25, 0.3) is 0 Å². The first kappa shape index (κ1) is 66.4. The minimum Gasteiger partial charge on any atom is -0.462 e. The first-order valence-corrected chi connectivity index (χ1v) is 30.1. The van der Waals surface area contributed by atoms with Crippen molar-refractivity contribution in [2.45, 2.75) is 322 Å². The van der Waals surface area contributed by atoms with Crippen LogP contribution in [-0.4, -0.2) is 37.2 Å². The summed E-state index contributed by atoms with van der Waals surface area (Å²) >= 11 is 0. The van der Waals surface area contributed by atoms with Crippen molar-refractivity contribution in [1.82, 2.24) is 0 Å². The predicted molar refractivity (Wildman–Crippen MR) is 298 cm³/mol. The molecule has 6 heteroatoms. The SMILES string of the molecule is CCCCC/C=C\C/C=C\C/C=C\CCCCCCC(=O)OC[C@H](COC(=O)CCCCCCCCCCCCC/C=C\CCCCCCCC)OC(=O)CCCCCCCCCCCCCCC. The van der Waals surface area contributed by atoms with Gasteiger partial charge in [-0.25, -0.2) is 0 Å². The van der Waals surface area contributed by atoms with Crippen molar-refractivity contribution in [1.29, 1.82) is 0 Å². The highest BCUT2D eigenvalue weighted by atomic mass is 16.6. The topological polar surface area (TPSA) is 78.9 Å². The van der Waals surface area contributed by atoms with Crippen molar-refractivity contribution in [3.8, 4) is 0 Å². The number of rotatable bonds is 55. The summed E-state index contributed by atoms with van der Waals surface area (Å²) in [5, 5.41) is 0. The Balaban J connectivity index is 4.33. The summed E-state index contributed by atoms with van der Waals surface area (Å²) < 4.78 is 16.9. The molecule has 0 rings (SSSR count). The zero-order valence-corrected chi connectivity index (χ0v) is 46.1. The van der Waals surface area contributed by atoms with E-state index in [1.807, 2.05) is 0 Å². The van der Waals surface area contributed by atoms with Crippen molar-refractivity contribution in [2.75, 3.05) is 13.2 Å². The van der Waals surface area contributed by atoms with Gasteiger partial charge in [0.1, 0.15) is 13.2 Å². The van der Waals surface area contributed by atoms with Crippen molar-refractivity contribution in [2.24, 2.45) is 0 Å². The Morgan fingerprint density at radius 2 is 0.522 bits per heavy atom. The van der Waals surface area contributed by atoms with Gasteiger partial charge < -0.3 is 14.2 Å². The highest BCUT2D eigenvalue weighted by molar-refractivity contribution is 5.71. The van der Waals surface area contributed by atoms with Crippen LogP contribution in [0.15, 0.2) is 48.6 Å². The molecule has 0 N–H and O–H groups in total. The molecule has 6 nitrogen and oxygen atoms in total. The number of hydrogen-bond acceptors (Lipinski definition) is 6. The Bertz CT molecular complexity index is 1200. The quantitative estimate of drug-likeness (QED) is 0.0262. The van der Waals surface area contributed by atoms with Gasteiger partial charge in [-0.05, 0) is 83.5 Å². The molecule has 0 aliphatic rings. The maximum Gasteiger partial charge on any atom is 0.306 e. The zero-order valence-electron chi connectivity index (χ0n) is 46.1. The molecule has 69 heavy (non-hydrogen) atoms. The average molecular weight is 968 g/mol. The second-order valence-electron chi connectivity index (χ2n) is 20.3. The van der Waals surface area contributed by atoms with Crippen molar-refractivity contribution < 1.29 is 28.6 Å². The van der Waals surface area contributed by atoms with Gasteiger partial charge in [0.05, 0.1) is 0 Å². The average Bonchev–Trinajstić information content (AvgIpc) is 3.35. The van der Waals surface area contributed by atoms with E-state index in [1.165, 1.54) is 193 Å². The second-order valence-corrected chi connectivity index (χ2v) is 20.3. The molecule has 0 aromatic rings. The molecule has 402 valence electrons. The molecular weight excluding hydrogens is 853 g/mol. The van der Waals surface area contributed by atoms with Gasteiger partial charge in [-0.1, -0.05) is 262 Å². The molecule has 0 saturated heterocycles. The lowest BCUT2D eigenvalue weighted by Gasteiger charge is -2.18. The third-order valence-corrected chi connectivity index (χ3v) is 13.3. The molecule has 0 fully saturated rings. The molecule has 0 heterocycles. The lowest BCUT2D eigenvalue weighted by molar-refractivity contribution is -0.167. The third kappa shape index (κ3) is 56.2. The number of esters is 3. The Morgan fingerprint density at radius 1 is 0.290 bits per heavy atom. The maximum absolute atomic E-state index is 12.8. The monoisotopic (exact) mass is 967 g/mol. The molecule has 0 aliphatic heterocycles. The van der Waals surface area contributed by atoms with Gasteiger partial charge in [0.2, 0.25) is 0 Å². The van der Waals surface area contributed by atoms with Crippen LogP contribution in [0.5, 0.6) is 0 Å². The second kappa shape index (κ2) is 57.9. The molecule has 0 aromatic carbocycles. The Labute approximate surface area is 428 Å². The van der Waals surface area contributed by atoms with Gasteiger partial charge in [0, 0.05) is 19.3 Å². The smallest absolute Gasteiger partial charge is 0.306 e. The molecule has 0 bridgehead atoms. The largest absolute Gasteiger partial charge is 0.462 e. The standard InChI is InChI=1S/C63H114O6/c1-4-7-10-13-16-19-22-25-27-29-30-31-32-34-36-39-41-44-47-50-53-56-62(65)68-59-60(69-63(66)57-54-51-48-45-42-37-24-21-18-15-12-9-6-3)58-67-61(64)55-52-49-46-43-40-38-35-33-28-26-23-20-17-14-11-8-5-2/h17,20,25-28,35,38,60H,4-16,18-19,21-24,29-34,36-37,39-59H2,1-3H3/b20-17-,27-25-,28-26-,38-35-/t60-/m1/s1. The number of carbonyl (C=O) groups excluding carboxylic acids is 3. The van der Waals surface area contributed by atoms with E-state index < -0.39 is 6.10 Å². The first-order valence-electron chi connectivity index (χ1n) is 30.1. The molecule has 1 atom stereocenters. The van der Waals surface area contributed by atoms with Gasteiger partial charge in [0.15, 0.2) is 6.10 Å². The van der Waals surface area contributed by atoms with E-state index in [1.54, 1.807) is 0 Å². The van der Waals surface area contributed by atoms with Gasteiger partial charge in [-0.3, -0.25) is 14.4 Å². The molecule has 0 spiro atoms. The lowest BCUT2D eigenvalue weighted by Crippen LogP contribution is -2.30. The van der Waals surface area contributed by atoms with Crippen molar-refractivity contribution in [3.63, 3.8) is 0 Å². The molecule has 0 aromatic heterocycles. The zero-order chi connectivity index (χ0) is 50.0. The van der Waals surface area contributed by atoms with Crippen LogP contribution in [0.2, 0.25) is 0 Å². The summed E-state index contributed by atoms with van der Waals surface area (Å²) in [6.07, 6.45) is 71.0. The molecular formula is C63H114O6. The van der Waals surface area contributed by atoms with Crippen LogP contribution >= 0.6 is 0 Å². The van der Waals surface area contributed by atoms with Crippen LogP contribution in [0.1, 0.15) is 316 Å². The Hall–Kier alpha value is -2.63. The summed E-state index contributed by atoms with van der Waals surface area (Å²) in [5.41, 5.74) is 0. The number of hydrogen-bond donors (Lipinski definition) is 0. The van der Waals surface area contributed by atoms with E-state index in [4.69, 9.17) is 14.2 Å². The van der Waals surface area contributed by atoms with Crippen LogP contribution in [0.3, 0.4) is 0 Å². The van der Waals surface area contributed by atoms with Crippen molar-refractivity contribution >= 4 is 17.9 Å². The first-order chi connectivity index (χ1) is 34.0. The fraction of sp³-hybridized carbons (Fsp3) is 0.825. The van der Waals surface area contributed by atoms with Gasteiger partial charge >= 0.3 is 17.9 Å². The Morgan fingerprint density at radius 3 is 0.855 bits per heavy atom. The summed E-state index contributed by atoms with van der Waals surface area (Å²) in [6.45, 7) is 6.63. The highest BCUT2D eigenvalue weighted by Crippen LogP contribution is 2.16. The van der Waals surface area contributed by atoms with Crippen LogP contribution < -0.4 is 0 Å². The van der Waals surface area contributed by atoms with E-state index in [2.05, 4.69) is 69.4 Å². The molecule has 0 saturated carbocycles. The molecule has 0 amide bonds. The number of ether oxygens (including phenoxy) is 3. The van der Waals surface area contributed by atoms with Crippen LogP contribution in [0, 0.1) is 0 Å². The van der Waals surface area contributed by atoms with E-state index in [0.717, 1.165) is 83.5 Å². The Kier molecular flexibility index (Phi) is 55.7. The fourth-order valence-corrected chi connectivity index (χ4v) is 8.74. The van der Waals surface area contributed by atoms with Crippen molar-refractivity contribution in [3.05, 3.63) is 48.6 Å². The van der Waals surface area contributed by atoms with Crippen LogP contribution in [0.4, 0.5) is 0 Å². The fourth-order valence-electron chi connectivity index (χ4n) is 8.74. The van der Waals surface area contributed by atoms with Gasteiger partial charge in [-0.2, -0.15) is 0 Å². The van der Waals surface area contributed by atoms with Gasteiger partial charge in [0.25, 0.3) is 0 Å². The number of carbonyl (C=O) groups is 3. The normalized spacial score (nSPS) is 12.3. The minimum absolute atomic E-state index is 0.0775. The number of unbranched alkanes of at least 4 members (excludes halogenated alkanes) is 36.